The molecule has 1 N–H and O–H groups in total. The third-order valence-corrected chi connectivity index (χ3v) is 2.96. The first-order chi connectivity index (χ1) is 9.47. The number of carbonyl (C=O) groups excluding carboxylic acids is 2. The van der Waals surface area contributed by atoms with E-state index in [-0.39, 0.29) is 29.9 Å². The Balaban J connectivity index is 2.74. The lowest BCUT2D eigenvalue weighted by molar-refractivity contribution is -0.123. The van der Waals surface area contributed by atoms with Crippen LogP contribution in [0.15, 0.2) is 18.2 Å². The molecule has 1 atom stereocenters. The SMILES string of the molecule is CCC(C)NC(=O)COc1cc(Cl)ccc1C(=O)OC. The number of rotatable bonds is 6. The number of nitrogens with one attached hydrogen (secondary N) is 1. The van der Waals surface area contributed by atoms with Crippen molar-refractivity contribution in [1.29, 1.82) is 0 Å². The molecule has 1 amide bonds. The highest BCUT2D eigenvalue weighted by Gasteiger charge is 2.15. The lowest BCUT2D eigenvalue weighted by atomic mass is 10.2. The number of hydrogen-bond acceptors (Lipinski definition) is 4. The smallest absolute Gasteiger partial charge is 0.341 e. The number of amides is 1. The third-order valence-electron chi connectivity index (χ3n) is 2.73. The molecule has 0 radical (unpaired) electrons. The average molecular weight is 300 g/mol. The largest absolute Gasteiger partial charge is 0.483 e. The van der Waals surface area contributed by atoms with Crippen LogP contribution in [0, 0.1) is 0 Å². The quantitative estimate of drug-likeness (QED) is 0.819. The van der Waals surface area contributed by atoms with Crippen molar-refractivity contribution in [2.45, 2.75) is 26.3 Å². The van der Waals surface area contributed by atoms with E-state index in [9.17, 15) is 9.59 Å². The van der Waals surface area contributed by atoms with Crippen LogP contribution in [0.2, 0.25) is 5.02 Å². The van der Waals surface area contributed by atoms with Gasteiger partial charge < -0.3 is 14.8 Å². The fourth-order valence-corrected chi connectivity index (χ4v) is 1.62. The molecule has 0 bridgehead atoms. The van der Waals surface area contributed by atoms with Crippen LogP contribution in [0.25, 0.3) is 0 Å². The molecule has 0 aliphatic rings. The predicted octanol–water partition coefficient (Wildman–Crippen LogP) is 2.42. The molecule has 0 spiro atoms. The van der Waals surface area contributed by atoms with E-state index in [0.29, 0.717) is 5.02 Å². The second kappa shape index (κ2) is 7.75. The van der Waals surface area contributed by atoms with Crippen molar-refractivity contribution >= 4 is 23.5 Å². The summed E-state index contributed by atoms with van der Waals surface area (Å²) in [5.74, 6) is -0.571. The van der Waals surface area contributed by atoms with E-state index in [1.807, 2.05) is 13.8 Å². The van der Waals surface area contributed by atoms with Crippen LogP contribution in [0.3, 0.4) is 0 Å². The normalized spacial score (nSPS) is 11.6. The zero-order valence-electron chi connectivity index (χ0n) is 11.7. The van der Waals surface area contributed by atoms with Crippen LogP contribution < -0.4 is 10.1 Å². The van der Waals surface area contributed by atoms with Crippen LogP contribution in [0.1, 0.15) is 30.6 Å². The van der Waals surface area contributed by atoms with Crippen molar-refractivity contribution in [1.82, 2.24) is 5.32 Å². The first-order valence-electron chi connectivity index (χ1n) is 6.28. The van der Waals surface area contributed by atoms with Crippen LogP contribution >= 0.6 is 11.6 Å². The minimum Gasteiger partial charge on any atom is -0.483 e. The van der Waals surface area contributed by atoms with Gasteiger partial charge in [-0.15, -0.1) is 0 Å². The van der Waals surface area contributed by atoms with E-state index in [1.165, 1.54) is 19.2 Å². The Hall–Kier alpha value is -1.75. The summed E-state index contributed by atoms with van der Waals surface area (Å²) in [6, 6.07) is 4.60. The van der Waals surface area contributed by atoms with Crippen molar-refractivity contribution in [3.8, 4) is 5.75 Å². The van der Waals surface area contributed by atoms with Crippen molar-refractivity contribution in [2.24, 2.45) is 0 Å². The predicted molar refractivity (Wildman–Crippen MR) is 76.2 cm³/mol. The maximum absolute atomic E-state index is 11.6. The van der Waals surface area contributed by atoms with Crippen molar-refractivity contribution in [3.63, 3.8) is 0 Å². The Bertz CT molecular complexity index is 490. The minimum absolute atomic E-state index is 0.0746. The Labute approximate surface area is 123 Å². The number of benzene rings is 1. The zero-order chi connectivity index (χ0) is 15.1. The van der Waals surface area contributed by atoms with Crippen LogP contribution in [0.5, 0.6) is 5.75 Å². The van der Waals surface area contributed by atoms with Gasteiger partial charge in [-0.05, 0) is 31.5 Å². The minimum atomic E-state index is -0.543. The highest BCUT2D eigenvalue weighted by Crippen LogP contribution is 2.24. The second-order valence-corrected chi connectivity index (χ2v) is 4.73. The highest BCUT2D eigenvalue weighted by atomic mass is 35.5. The first kappa shape index (κ1) is 16.3. The van der Waals surface area contributed by atoms with Gasteiger partial charge in [-0.2, -0.15) is 0 Å². The first-order valence-corrected chi connectivity index (χ1v) is 6.65. The van der Waals surface area contributed by atoms with E-state index in [4.69, 9.17) is 16.3 Å². The molecule has 1 aromatic rings. The highest BCUT2D eigenvalue weighted by molar-refractivity contribution is 6.30. The molecule has 0 aliphatic carbocycles. The molecular formula is C14H18ClNO4. The van der Waals surface area contributed by atoms with Gasteiger partial charge in [-0.3, -0.25) is 4.79 Å². The molecule has 0 aromatic heterocycles. The molecule has 1 aromatic carbocycles. The molecule has 5 nitrogen and oxygen atoms in total. The van der Waals surface area contributed by atoms with Gasteiger partial charge in [0.15, 0.2) is 6.61 Å². The molecule has 110 valence electrons. The summed E-state index contributed by atoms with van der Waals surface area (Å²) in [6.45, 7) is 3.68. The Morgan fingerprint density at radius 1 is 1.40 bits per heavy atom. The summed E-state index contributed by atoms with van der Waals surface area (Å²) in [4.78, 5) is 23.2. The molecule has 1 rings (SSSR count). The van der Waals surface area contributed by atoms with Gasteiger partial charge in [-0.1, -0.05) is 18.5 Å². The standard InChI is InChI=1S/C14H18ClNO4/c1-4-9(2)16-13(17)8-20-12-7-10(15)5-6-11(12)14(18)19-3/h5-7,9H,4,8H2,1-3H3,(H,16,17). The van der Waals surface area contributed by atoms with E-state index in [0.717, 1.165) is 6.42 Å². The Morgan fingerprint density at radius 3 is 2.70 bits per heavy atom. The van der Waals surface area contributed by atoms with E-state index >= 15 is 0 Å². The Morgan fingerprint density at radius 2 is 2.10 bits per heavy atom. The van der Waals surface area contributed by atoms with E-state index in [1.54, 1.807) is 6.07 Å². The summed E-state index contributed by atoms with van der Waals surface area (Å²) >= 11 is 5.85. The monoisotopic (exact) mass is 299 g/mol. The third kappa shape index (κ3) is 4.74. The van der Waals surface area contributed by atoms with Crippen molar-refractivity contribution in [3.05, 3.63) is 28.8 Å². The van der Waals surface area contributed by atoms with Crippen LogP contribution in [0.4, 0.5) is 0 Å². The number of halogens is 1. The van der Waals surface area contributed by atoms with E-state index in [2.05, 4.69) is 10.1 Å². The number of hydrogen-bond donors (Lipinski definition) is 1. The number of ether oxygens (including phenoxy) is 2. The number of carbonyl (C=O) groups is 2. The summed E-state index contributed by atoms with van der Waals surface area (Å²) in [7, 11) is 1.27. The van der Waals surface area contributed by atoms with Gasteiger partial charge in [0.2, 0.25) is 0 Å². The molecule has 0 saturated carbocycles. The topological polar surface area (TPSA) is 64.6 Å². The molecule has 0 saturated heterocycles. The van der Waals surface area contributed by atoms with Gasteiger partial charge >= 0.3 is 5.97 Å². The molecule has 6 heteroatoms. The lowest BCUT2D eigenvalue weighted by Crippen LogP contribution is -2.35. The molecule has 0 heterocycles. The molecule has 0 fully saturated rings. The summed E-state index contributed by atoms with van der Waals surface area (Å²) < 4.78 is 9.99. The maximum atomic E-state index is 11.6. The van der Waals surface area contributed by atoms with Gasteiger partial charge in [0.1, 0.15) is 11.3 Å². The maximum Gasteiger partial charge on any atom is 0.341 e. The van der Waals surface area contributed by atoms with Gasteiger partial charge in [0, 0.05) is 11.1 Å². The fraction of sp³-hybridized carbons (Fsp3) is 0.429. The summed E-state index contributed by atoms with van der Waals surface area (Å²) in [5, 5.41) is 3.18. The molecule has 0 aliphatic heterocycles. The van der Waals surface area contributed by atoms with E-state index < -0.39 is 5.97 Å². The lowest BCUT2D eigenvalue weighted by Gasteiger charge is -2.13. The molecule has 1 unspecified atom stereocenters. The summed E-state index contributed by atoms with van der Waals surface area (Å²) in [5.41, 5.74) is 0.230. The molecule has 20 heavy (non-hydrogen) atoms. The van der Waals surface area contributed by atoms with Crippen LogP contribution in [-0.2, 0) is 9.53 Å². The van der Waals surface area contributed by atoms with Gasteiger partial charge in [0.05, 0.1) is 7.11 Å². The second-order valence-electron chi connectivity index (χ2n) is 4.30. The van der Waals surface area contributed by atoms with Gasteiger partial charge in [-0.25, -0.2) is 4.79 Å². The van der Waals surface area contributed by atoms with Gasteiger partial charge in [0.25, 0.3) is 5.91 Å². The van der Waals surface area contributed by atoms with Crippen molar-refractivity contribution < 1.29 is 19.1 Å². The number of methoxy groups -OCH3 is 1. The average Bonchev–Trinajstić information content (AvgIpc) is 2.44. The Kier molecular flexibility index (Phi) is 6.31. The molecular weight excluding hydrogens is 282 g/mol. The van der Waals surface area contributed by atoms with Crippen LogP contribution in [-0.4, -0.2) is 31.6 Å². The fourth-order valence-electron chi connectivity index (χ4n) is 1.46. The van der Waals surface area contributed by atoms with Crippen molar-refractivity contribution in [2.75, 3.05) is 13.7 Å². The summed E-state index contributed by atoms with van der Waals surface area (Å²) in [6.07, 6.45) is 0.830. The zero-order valence-corrected chi connectivity index (χ0v) is 12.5. The number of esters is 1.